The highest BCUT2D eigenvalue weighted by atomic mass is 16.5. The molecule has 2 rings (SSSR count). The number of ketones is 2. The average Bonchev–Trinajstić information content (AvgIpc) is 2.59. The Hall–Kier alpha value is -2.82. The topological polar surface area (TPSA) is 72.8 Å². The number of aliphatic hydroxyl groups is 1. The summed E-state index contributed by atoms with van der Waals surface area (Å²) in [6.07, 6.45) is 2.87. The predicted octanol–water partition coefficient (Wildman–Crippen LogP) is 3.62. The van der Waals surface area contributed by atoms with E-state index in [9.17, 15) is 14.7 Å². The van der Waals surface area contributed by atoms with Crippen LogP contribution < -0.4 is 4.74 Å². The molecule has 132 valence electrons. The number of benzene rings is 1. The Morgan fingerprint density at radius 1 is 1.12 bits per heavy atom. The molecule has 25 heavy (non-hydrogen) atoms. The van der Waals surface area contributed by atoms with Crippen LogP contribution in [-0.2, 0) is 14.3 Å². The minimum absolute atomic E-state index is 0.215. The number of carbonyl (C=O) groups is 2. The molecule has 0 bridgehead atoms. The van der Waals surface area contributed by atoms with Crippen molar-refractivity contribution in [1.82, 2.24) is 0 Å². The van der Waals surface area contributed by atoms with Crippen molar-refractivity contribution in [1.29, 1.82) is 0 Å². The van der Waals surface area contributed by atoms with Crippen molar-refractivity contribution in [3.8, 4) is 5.75 Å². The van der Waals surface area contributed by atoms with Gasteiger partial charge in [-0.05, 0) is 44.5 Å². The van der Waals surface area contributed by atoms with Gasteiger partial charge in [0.2, 0.25) is 0 Å². The van der Waals surface area contributed by atoms with Crippen molar-refractivity contribution in [2.75, 3.05) is 14.2 Å². The molecule has 0 unspecified atom stereocenters. The second-order valence-corrected chi connectivity index (χ2v) is 6.31. The number of carbonyl (C=O) groups excluding carboxylic acids is 2. The number of hydrogen-bond acceptors (Lipinski definition) is 5. The van der Waals surface area contributed by atoms with Crippen molar-refractivity contribution in [2.24, 2.45) is 5.41 Å². The number of aliphatic hydroxyl groups excluding tert-OH is 1. The molecule has 1 aliphatic rings. The lowest BCUT2D eigenvalue weighted by Gasteiger charge is -2.31. The van der Waals surface area contributed by atoms with Crippen LogP contribution in [0.25, 0.3) is 6.08 Å². The summed E-state index contributed by atoms with van der Waals surface area (Å²) in [5.41, 5.74) is -0.0488. The first-order valence-corrected chi connectivity index (χ1v) is 7.84. The molecule has 0 saturated heterocycles. The summed E-state index contributed by atoms with van der Waals surface area (Å²) in [7, 11) is 3.02. The van der Waals surface area contributed by atoms with Gasteiger partial charge in [-0.2, -0.15) is 0 Å². The lowest BCUT2D eigenvalue weighted by Crippen LogP contribution is -2.36. The van der Waals surface area contributed by atoms with Gasteiger partial charge in [-0.3, -0.25) is 9.59 Å². The predicted molar refractivity (Wildman–Crippen MR) is 95.2 cm³/mol. The zero-order chi connectivity index (χ0) is 18.8. The van der Waals surface area contributed by atoms with Crippen LogP contribution in [0.2, 0.25) is 0 Å². The summed E-state index contributed by atoms with van der Waals surface area (Å²) in [4.78, 5) is 25.2. The summed E-state index contributed by atoms with van der Waals surface area (Å²) in [5, 5.41) is 10.3. The molecule has 1 N–H and O–H groups in total. The SMILES string of the molecule is COC1=C(C)C(O)=C(C(=O)C=Cc2ccc(OC)cc2)C(=O)C1(C)C. The fourth-order valence-corrected chi connectivity index (χ4v) is 2.89. The zero-order valence-corrected chi connectivity index (χ0v) is 15.0. The van der Waals surface area contributed by atoms with Crippen LogP contribution in [0.5, 0.6) is 5.75 Å². The van der Waals surface area contributed by atoms with Gasteiger partial charge in [0.15, 0.2) is 11.6 Å². The Kier molecular flexibility index (Phi) is 5.16. The Morgan fingerprint density at radius 2 is 1.72 bits per heavy atom. The van der Waals surface area contributed by atoms with Gasteiger partial charge in [0.05, 0.1) is 19.6 Å². The van der Waals surface area contributed by atoms with Crippen LogP contribution in [-0.4, -0.2) is 30.9 Å². The van der Waals surface area contributed by atoms with Gasteiger partial charge in [0.25, 0.3) is 0 Å². The number of Topliss-reactive ketones (excluding diaryl/α,β-unsaturated/α-hetero) is 1. The van der Waals surface area contributed by atoms with E-state index in [4.69, 9.17) is 9.47 Å². The summed E-state index contributed by atoms with van der Waals surface area (Å²) in [6, 6.07) is 7.12. The second kappa shape index (κ2) is 6.97. The van der Waals surface area contributed by atoms with Crippen molar-refractivity contribution in [2.45, 2.75) is 20.8 Å². The average molecular weight is 342 g/mol. The third-order valence-corrected chi connectivity index (χ3v) is 4.29. The molecule has 0 fully saturated rings. The third kappa shape index (κ3) is 3.36. The minimum atomic E-state index is -1.01. The molecular weight excluding hydrogens is 320 g/mol. The van der Waals surface area contributed by atoms with Gasteiger partial charge in [0, 0.05) is 5.57 Å². The largest absolute Gasteiger partial charge is 0.507 e. The Bertz CT molecular complexity index is 792. The third-order valence-electron chi connectivity index (χ3n) is 4.29. The fraction of sp³-hybridized carbons (Fsp3) is 0.300. The molecule has 5 heteroatoms. The van der Waals surface area contributed by atoms with E-state index in [1.165, 1.54) is 13.2 Å². The highest BCUT2D eigenvalue weighted by Gasteiger charge is 2.44. The summed E-state index contributed by atoms with van der Waals surface area (Å²) in [6.45, 7) is 4.97. The molecule has 1 aliphatic carbocycles. The molecule has 1 aromatic carbocycles. The van der Waals surface area contributed by atoms with Crippen molar-refractivity contribution >= 4 is 17.6 Å². The lowest BCUT2D eigenvalue weighted by molar-refractivity contribution is -0.126. The molecule has 5 nitrogen and oxygen atoms in total. The second-order valence-electron chi connectivity index (χ2n) is 6.31. The molecule has 1 aromatic rings. The Labute approximate surface area is 147 Å². The maximum atomic E-state index is 12.7. The van der Waals surface area contributed by atoms with Crippen molar-refractivity contribution < 1.29 is 24.2 Å². The van der Waals surface area contributed by atoms with Gasteiger partial charge in [-0.15, -0.1) is 0 Å². The fourth-order valence-electron chi connectivity index (χ4n) is 2.89. The Morgan fingerprint density at radius 3 is 2.24 bits per heavy atom. The van der Waals surface area contributed by atoms with Crippen LogP contribution in [0, 0.1) is 5.41 Å². The zero-order valence-electron chi connectivity index (χ0n) is 15.0. The number of rotatable bonds is 5. The van der Waals surface area contributed by atoms with E-state index in [1.807, 2.05) is 0 Å². The molecule has 0 heterocycles. The van der Waals surface area contributed by atoms with Crippen LogP contribution in [0.4, 0.5) is 0 Å². The van der Waals surface area contributed by atoms with Crippen molar-refractivity contribution in [3.05, 3.63) is 58.6 Å². The van der Waals surface area contributed by atoms with E-state index >= 15 is 0 Å². The van der Waals surface area contributed by atoms with Crippen LogP contribution in [0.1, 0.15) is 26.3 Å². The van der Waals surface area contributed by atoms with E-state index in [2.05, 4.69) is 0 Å². The summed E-state index contributed by atoms with van der Waals surface area (Å²) >= 11 is 0. The lowest BCUT2D eigenvalue weighted by atomic mass is 9.74. The molecular formula is C20H22O5. The van der Waals surface area contributed by atoms with E-state index < -0.39 is 17.0 Å². The first-order valence-electron chi connectivity index (χ1n) is 7.84. The quantitative estimate of drug-likeness (QED) is 0.653. The number of methoxy groups -OCH3 is 2. The number of allylic oxidation sites excluding steroid dienone is 4. The number of hydrogen-bond donors (Lipinski definition) is 1. The maximum absolute atomic E-state index is 12.7. The van der Waals surface area contributed by atoms with Crippen LogP contribution >= 0.6 is 0 Å². The summed E-state index contributed by atoms with van der Waals surface area (Å²) < 4.78 is 10.3. The van der Waals surface area contributed by atoms with E-state index in [0.717, 1.165) is 5.56 Å². The number of ether oxygens (including phenoxy) is 2. The van der Waals surface area contributed by atoms with E-state index in [0.29, 0.717) is 17.1 Å². The highest BCUT2D eigenvalue weighted by Crippen LogP contribution is 2.40. The van der Waals surface area contributed by atoms with Crippen molar-refractivity contribution in [3.63, 3.8) is 0 Å². The van der Waals surface area contributed by atoms with E-state index in [-0.39, 0.29) is 11.3 Å². The minimum Gasteiger partial charge on any atom is -0.507 e. The molecule has 0 radical (unpaired) electrons. The maximum Gasteiger partial charge on any atom is 0.193 e. The molecule has 0 aliphatic heterocycles. The van der Waals surface area contributed by atoms with Gasteiger partial charge in [-0.25, -0.2) is 0 Å². The Balaban J connectivity index is 2.37. The van der Waals surface area contributed by atoms with E-state index in [1.54, 1.807) is 58.2 Å². The molecule has 0 aromatic heterocycles. The van der Waals surface area contributed by atoms with Gasteiger partial charge in [-0.1, -0.05) is 18.2 Å². The normalized spacial score (nSPS) is 17.2. The van der Waals surface area contributed by atoms with Crippen LogP contribution in [0.3, 0.4) is 0 Å². The first kappa shape index (κ1) is 18.5. The molecule has 0 atom stereocenters. The monoisotopic (exact) mass is 342 g/mol. The summed E-state index contributed by atoms with van der Waals surface area (Å²) in [5.74, 6) is -0.255. The first-order chi connectivity index (χ1) is 11.7. The van der Waals surface area contributed by atoms with Gasteiger partial charge in [0.1, 0.15) is 22.8 Å². The van der Waals surface area contributed by atoms with Crippen LogP contribution in [0.15, 0.2) is 53.0 Å². The molecule has 0 spiro atoms. The smallest absolute Gasteiger partial charge is 0.193 e. The van der Waals surface area contributed by atoms with Gasteiger partial charge < -0.3 is 14.6 Å². The standard InChI is InChI=1S/C20H22O5/c1-12-17(22)16(18(23)20(2,3)19(12)25-5)15(21)11-8-13-6-9-14(24-4)10-7-13/h6-11,22H,1-5H3. The molecule has 0 amide bonds. The highest BCUT2D eigenvalue weighted by molar-refractivity contribution is 6.28. The molecule has 0 saturated carbocycles. The van der Waals surface area contributed by atoms with Gasteiger partial charge >= 0.3 is 0 Å².